The van der Waals surface area contributed by atoms with E-state index in [-0.39, 0.29) is 5.41 Å². The van der Waals surface area contributed by atoms with E-state index in [1.165, 1.54) is 12.8 Å². The van der Waals surface area contributed by atoms with Crippen molar-refractivity contribution in [1.29, 1.82) is 0 Å². The standard InChI is InChI=1S/C9H19NO/c1-4-6-7-9(3,5-2)8-10-11/h4-8H2,1-3H3/t9-/m0/s1. The molecule has 0 aromatic carbocycles. The fourth-order valence-corrected chi connectivity index (χ4v) is 1.13. The highest BCUT2D eigenvalue weighted by molar-refractivity contribution is 4.74. The predicted octanol–water partition coefficient (Wildman–Crippen LogP) is 3.36. The maximum Gasteiger partial charge on any atom is 0.0864 e. The van der Waals surface area contributed by atoms with Crippen LogP contribution in [0.5, 0.6) is 0 Å². The zero-order valence-corrected chi connectivity index (χ0v) is 7.89. The molecular formula is C9H19NO. The fraction of sp³-hybridized carbons (Fsp3) is 1.00. The summed E-state index contributed by atoms with van der Waals surface area (Å²) in [6.45, 7) is 6.92. The van der Waals surface area contributed by atoms with Gasteiger partial charge in [-0.3, -0.25) is 0 Å². The molecule has 0 N–H and O–H groups in total. The Labute approximate surface area is 69.4 Å². The Morgan fingerprint density at radius 1 is 1.36 bits per heavy atom. The van der Waals surface area contributed by atoms with Gasteiger partial charge in [0.1, 0.15) is 0 Å². The number of hydrogen-bond acceptors (Lipinski definition) is 2. The van der Waals surface area contributed by atoms with Crippen LogP contribution in [0.4, 0.5) is 0 Å². The van der Waals surface area contributed by atoms with Crippen LogP contribution in [0, 0.1) is 10.3 Å². The largest absolute Gasteiger partial charge is 0.151 e. The van der Waals surface area contributed by atoms with Gasteiger partial charge in [0.25, 0.3) is 0 Å². The lowest BCUT2D eigenvalue weighted by Gasteiger charge is -2.24. The number of hydrogen-bond donors (Lipinski definition) is 0. The predicted molar refractivity (Wildman–Crippen MR) is 48.6 cm³/mol. The van der Waals surface area contributed by atoms with Gasteiger partial charge in [-0.2, -0.15) is 4.91 Å². The van der Waals surface area contributed by atoms with E-state index in [4.69, 9.17) is 0 Å². The van der Waals surface area contributed by atoms with E-state index >= 15 is 0 Å². The van der Waals surface area contributed by atoms with Crippen LogP contribution in [-0.2, 0) is 0 Å². The molecule has 0 aromatic heterocycles. The van der Waals surface area contributed by atoms with Crippen LogP contribution in [0.2, 0.25) is 0 Å². The lowest BCUT2D eigenvalue weighted by Crippen LogP contribution is -2.18. The second-order valence-corrected chi connectivity index (χ2v) is 3.55. The average Bonchev–Trinajstić information content (AvgIpc) is 2.02. The first kappa shape index (κ1) is 10.6. The molecule has 0 radical (unpaired) electrons. The van der Waals surface area contributed by atoms with Gasteiger partial charge in [0, 0.05) is 0 Å². The molecule has 2 nitrogen and oxygen atoms in total. The second-order valence-electron chi connectivity index (χ2n) is 3.55. The van der Waals surface area contributed by atoms with Crippen LogP contribution < -0.4 is 0 Å². The topological polar surface area (TPSA) is 29.4 Å². The first-order valence-electron chi connectivity index (χ1n) is 4.47. The summed E-state index contributed by atoms with van der Waals surface area (Å²) >= 11 is 0. The molecule has 0 aliphatic rings. The molecule has 0 rings (SSSR count). The van der Waals surface area contributed by atoms with E-state index < -0.39 is 0 Å². The fourth-order valence-electron chi connectivity index (χ4n) is 1.13. The van der Waals surface area contributed by atoms with Gasteiger partial charge in [-0.25, -0.2) is 0 Å². The minimum Gasteiger partial charge on any atom is -0.151 e. The Hall–Kier alpha value is -0.400. The lowest BCUT2D eigenvalue weighted by molar-refractivity contribution is 0.287. The van der Waals surface area contributed by atoms with E-state index in [0.29, 0.717) is 6.54 Å². The maximum atomic E-state index is 10.1. The van der Waals surface area contributed by atoms with Crippen LogP contribution in [0.15, 0.2) is 5.18 Å². The van der Waals surface area contributed by atoms with Gasteiger partial charge in [-0.15, -0.1) is 0 Å². The minimum atomic E-state index is 0.164. The van der Waals surface area contributed by atoms with Crippen molar-refractivity contribution < 1.29 is 0 Å². The molecule has 2 heteroatoms. The molecule has 0 heterocycles. The normalized spacial score (nSPS) is 15.9. The Morgan fingerprint density at radius 3 is 2.36 bits per heavy atom. The quantitative estimate of drug-likeness (QED) is 0.543. The van der Waals surface area contributed by atoms with Crippen LogP contribution in [0.3, 0.4) is 0 Å². The first-order chi connectivity index (χ1) is 5.18. The molecule has 0 aromatic rings. The van der Waals surface area contributed by atoms with Crippen molar-refractivity contribution >= 4 is 0 Å². The Morgan fingerprint density at radius 2 is 2.00 bits per heavy atom. The van der Waals surface area contributed by atoms with Crippen LogP contribution >= 0.6 is 0 Å². The molecule has 0 aliphatic carbocycles. The van der Waals surface area contributed by atoms with Crippen LogP contribution in [0.25, 0.3) is 0 Å². The first-order valence-corrected chi connectivity index (χ1v) is 4.47. The highest BCUT2D eigenvalue weighted by Crippen LogP contribution is 2.28. The summed E-state index contributed by atoms with van der Waals surface area (Å²) in [5.74, 6) is 0. The maximum absolute atomic E-state index is 10.1. The van der Waals surface area contributed by atoms with Crippen molar-refractivity contribution in [3.63, 3.8) is 0 Å². The SMILES string of the molecule is CCCC[C@](C)(CC)CN=O. The average molecular weight is 157 g/mol. The van der Waals surface area contributed by atoms with Crippen molar-refractivity contribution in [2.24, 2.45) is 10.6 Å². The minimum absolute atomic E-state index is 0.164. The molecular weight excluding hydrogens is 138 g/mol. The third-order valence-corrected chi connectivity index (χ3v) is 2.43. The molecule has 1 atom stereocenters. The van der Waals surface area contributed by atoms with Crippen molar-refractivity contribution in [2.45, 2.75) is 46.5 Å². The van der Waals surface area contributed by atoms with Gasteiger partial charge >= 0.3 is 0 Å². The molecule has 66 valence electrons. The third-order valence-electron chi connectivity index (χ3n) is 2.43. The summed E-state index contributed by atoms with van der Waals surface area (Å²) in [6.07, 6.45) is 4.60. The Kier molecular flexibility index (Phi) is 5.08. The van der Waals surface area contributed by atoms with Crippen molar-refractivity contribution in [1.82, 2.24) is 0 Å². The van der Waals surface area contributed by atoms with E-state index in [9.17, 15) is 4.91 Å². The lowest BCUT2D eigenvalue weighted by atomic mass is 9.82. The van der Waals surface area contributed by atoms with E-state index in [1.54, 1.807) is 0 Å². The van der Waals surface area contributed by atoms with Crippen LogP contribution in [0.1, 0.15) is 46.5 Å². The number of nitroso groups, excluding NO2 is 1. The smallest absolute Gasteiger partial charge is 0.0864 e. The summed E-state index contributed by atoms with van der Waals surface area (Å²) in [5, 5.41) is 2.98. The molecule has 0 unspecified atom stereocenters. The van der Waals surface area contributed by atoms with Crippen molar-refractivity contribution in [2.75, 3.05) is 6.54 Å². The molecule has 0 bridgehead atoms. The van der Waals surface area contributed by atoms with E-state index in [1.807, 2.05) is 0 Å². The number of rotatable bonds is 6. The van der Waals surface area contributed by atoms with E-state index in [2.05, 4.69) is 25.9 Å². The summed E-state index contributed by atoms with van der Waals surface area (Å²) in [4.78, 5) is 10.1. The van der Waals surface area contributed by atoms with Gasteiger partial charge in [-0.05, 0) is 18.3 Å². The monoisotopic (exact) mass is 157 g/mol. The molecule has 11 heavy (non-hydrogen) atoms. The van der Waals surface area contributed by atoms with Gasteiger partial charge < -0.3 is 0 Å². The molecule has 0 spiro atoms. The third kappa shape index (κ3) is 4.12. The van der Waals surface area contributed by atoms with Gasteiger partial charge in [0.2, 0.25) is 0 Å². The van der Waals surface area contributed by atoms with Gasteiger partial charge in [0.15, 0.2) is 0 Å². The summed E-state index contributed by atoms with van der Waals surface area (Å²) < 4.78 is 0. The zero-order chi connectivity index (χ0) is 8.74. The Balaban J connectivity index is 3.77. The number of unbranched alkanes of at least 4 members (excludes halogenated alkanes) is 1. The molecule has 0 aliphatic heterocycles. The molecule has 0 amide bonds. The molecule has 0 saturated heterocycles. The van der Waals surface area contributed by atoms with Crippen LogP contribution in [-0.4, -0.2) is 6.54 Å². The van der Waals surface area contributed by atoms with Gasteiger partial charge in [-0.1, -0.05) is 38.8 Å². The summed E-state index contributed by atoms with van der Waals surface area (Å²) in [5.41, 5.74) is 0.164. The van der Waals surface area contributed by atoms with Gasteiger partial charge in [0.05, 0.1) is 6.54 Å². The summed E-state index contributed by atoms with van der Waals surface area (Å²) in [7, 11) is 0. The van der Waals surface area contributed by atoms with Crippen molar-refractivity contribution in [3.05, 3.63) is 4.91 Å². The number of nitrogens with zero attached hydrogens (tertiary/aromatic N) is 1. The summed E-state index contributed by atoms with van der Waals surface area (Å²) in [6, 6.07) is 0. The molecule has 0 saturated carbocycles. The highest BCUT2D eigenvalue weighted by Gasteiger charge is 2.21. The second kappa shape index (κ2) is 5.28. The Bertz CT molecular complexity index is 114. The van der Waals surface area contributed by atoms with Crippen molar-refractivity contribution in [3.8, 4) is 0 Å². The molecule has 0 fully saturated rings. The highest BCUT2D eigenvalue weighted by atomic mass is 16.3. The van der Waals surface area contributed by atoms with E-state index in [0.717, 1.165) is 12.8 Å². The zero-order valence-electron chi connectivity index (χ0n) is 7.89.